The molecule has 1 aliphatic rings. The molecule has 1 saturated heterocycles. The Balaban J connectivity index is 2.27. The zero-order valence-electron chi connectivity index (χ0n) is 18.1. The molecule has 0 aliphatic carbocycles. The molecule has 8 nitrogen and oxygen atoms in total. The summed E-state index contributed by atoms with van der Waals surface area (Å²) < 4.78 is 0. The van der Waals surface area contributed by atoms with E-state index in [4.69, 9.17) is 0 Å². The Morgan fingerprint density at radius 3 is 2.38 bits per heavy atom. The van der Waals surface area contributed by atoms with Gasteiger partial charge < -0.3 is 14.9 Å². The van der Waals surface area contributed by atoms with Gasteiger partial charge in [-0.2, -0.15) is 0 Å². The molecule has 1 aliphatic heterocycles. The summed E-state index contributed by atoms with van der Waals surface area (Å²) in [6.45, 7) is 12.2. The van der Waals surface area contributed by atoms with Gasteiger partial charge in [-0.25, -0.2) is 9.59 Å². The van der Waals surface area contributed by atoms with E-state index in [0.29, 0.717) is 24.1 Å². The second-order valence-electron chi connectivity index (χ2n) is 9.70. The first-order valence-corrected chi connectivity index (χ1v) is 9.76. The molecule has 0 unspecified atom stereocenters. The van der Waals surface area contributed by atoms with Crippen molar-refractivity contribution in [1.29, 1.82) is 0 Å². The molecule has 1 heterocycles. The number of urea groups is 1. The maximum atomic E-state index is 13.1. The summed E-state index contributed by atoms with van der Waals surface area (Å²) in [6, 6.07) is 3.67. The van der Waals surface area contributed by atoms with Gasteiger partial charge >= 0.3 is 12.0 Å². The average Bonchev–Trinajstić information content (AvgIpc) is 2.85. The smallest absolute Gasteiger partial charge is 0.327 e. The summed E-state index contributed by atoms with van der Waals surface area (Å²) in [5.74, 6) is -1.03. The van der Waals surface area contributed by atoms with Crippen LogP contribution in [-0.2, 0) is 11.3 Å². The number of carbonyl (C=O) groups excluding carboxylic acids is 1. The molecule has 8 heteroatoms. The van der Waals surface area contributed by atoms with Crippen LogP contribution in [0.5, 0.6) is 0 Å². The predicted octanol–water partition coefficient (Wildman–Crippen LogP) is 4.06. The lowest BCUT2D eigenvalue weighted by Gasteiger charge is -2.40. The molecule has 0 spiro atoms. The highest BCUT2D eigenvalue weighted by molar-refractivity contribution is 5.84. The highest BCUT2D eigenvalue weighted by atomic mass is 16.6. The lowest BCUT2D eigenvalue weighted by molar-refractivity contribution is -0.386. The van der Waals surface area contributed by atoms with Gasteiger partial charge in [0.2, 0.25) is 0 Å². The van der Waals surface area contributed by atoms with Crippen molar-refractivity contribution in [3.63, 3.8) is 0 Å². The number of carbonyl (C=O) groups is 2. The van der Waals surface area contributed by atoms with Crippen LogP contribution in [0.3, 0.4) is 0 Å². The number of nitro benzene ring substituents is 1. The summed E-state index contributed by atoms with van der Waals surface area (Å²) in [6.07, 6.45) is 0.629. The SMILES string of the molecule is Cc1cccc(CN2CCN([C@H](C(=O)O)C(C)(C)CC(C)(C)C)C2=O)c1[N+](=O)[O-]. The molecule has 1 aromatic carbocycles. The molecule has 1 aromatic rings. The van der Waals surface area contributed by atoms with Gasteiger partial charge in [0.25, 0.3) is 5.69 Å². The Kier molecular flexibility index (Phi) is 6.25. The summed E-state index contributed by atoms with van der Waals surface area (Å²) in [7, 11) is 0. The first kappa shape index (κ1) is 22.6. The van der Waals surface area contributed by atoms with Crippen molar-refractivity contribution < 1.29 is 19.6 Å². The molecule has 0 radical (unpaired) electrons. The fourth-order valence-electron chi connectivity index (χ4n) is 4.65. The normalized spacial score (nSPS) is 16.3. The number of aliphatic carboxylic acids is 1. The molecular weight excluding hydrogens is 374 g/mol. The largest absolute Gasteiger partial charge is 0.480 e. The van der Waals surface area contributed by atoms with E-state index in [0.717, 1.165) is 0 Å². The van der Waals surface area contributed by atoms with Gasteiger partial charge in [-0.3, -0.25) is 10.1 Å². The minimum absolute atomic E-state index is 0.00148. The molecular formula is C21H31N3O5. The molecule has 2 rings (SSSR count). The minimum atomic E-state index is -1.03. The highest BCUT2D eigenvalue weighted by Crippen LogP contribution is 2.39. The second kappa shape index (κ2) is 8.00. The number of nitro groups is 1. The number of hydrogen-bond donors (Lipinski definition) is 1. The fraction of sp³-hybridized carbons (Fsp3) is 0.619. The molecule has 0 bridgehead atoms. The Labute approximate surface area is 171 Å². The first-order chi connectivity index (χ1) is 13.2. The highest BCUT2D eigenvalue weighted by Gasteiger charge is 2.47. The molecule has 29 heavy (non-hydrogen) atoms. The topological polar surface area (TPSA) is 104 Å². The summed E-state index contributed by atoms with van der Waals surface area (Å²) in [4.78, 5) is 39.1. The molecule has 1 fully saturated rings. The van der Waals surface area contributed by atoms with Gasteiger partial charge in [0.1, 0.15) is 6.04 Å². The van der Waals surface area contributed by atoms with Crippen molar-refractivity contribution in [2.45, 2.75) is 60.5 Å². The number of benzene rings is 1. The third-order valence-corrected chi connectivity index (χ3v) is 5.26. The number of carboxylic acids is 1. The molecule has 1 atom stereocenters. The maximum Gasteiger partial charge on any atom is 0.327 e. The van der Waals surface area contributed by atoms with E-state index in [1.54, 1.807) is 25.1 Å². The molecule has 160 valence electrons. The number of hydrogen-bond acceptors (Lipinski definition) is 4. The van der Waals surface area contributed by atoms with Crippen molar-refractivity contribution in [3.8, 4) is 0 Å². The Morgan fingerprint density at radius 1 is 1.24 bits per heavy atom. The Hall–Kier alpha value is -2.64. The van der Waals surface area contributed by atoms with Crippen LogP contribution in [0.25, 0.3) is 0 Å². The van der Waals surface area contributed by atoms with E-state index in [2.05, 4.69) is 0 Å². The number of nitrogens with zero attached hydrogens (tertiary/aromatic N) is 3. The van der Waals surface area contributed by atoms with Crippen LogP contribution >= 0.6 is 0 Å². The molecule has 0 aromatic heterocycles. The zero-order chi connectivity index (χ0) is 22.1. The number of amides is 2. The van der Waals surface area contributed by atoms with E-state index in [1.807, 2.05) is 34.6 Å². The van der Waals surface area contributed by atoms with Gasteiger partial charge in [-0.1, -0.05) is 52.8 Å². The molecule has 2 amide bonds. The second-order valence-corrected chi connectivity index (χ2v) is 9.70. The van der Waals surface area contributed by atoms with Crippen LogP contribution in [0, 0.1) is 27.9 Å². The van der Waals surface area contributed by atoms with Crippen LogP contribution in [0.15, 0.2) is 18.2 Å². The van der Waals surface area contributed by atoms with Crippen molar-refractivity contribution in [2.75, 3.05) is 13.1 Å². The van der Waals surface area contributed by atoms with E-state index in [9.17, 15) is 24.8 Å². The van der Waals surface area contributed by atoms with E-state index in [-0.39, 0.29) is 24.2 Å². The van der Waals surface area contributed by atoms with E-state index < -0.39 is 28.4 Å². The van der Waals surface area contributed by atoms with Gasteiger partial charge in [0.05, 0.1) is 11.5 Å². The Bertz CT molecular complexity index is 813. The lowest BCUT2D eigenvalue weighted by Crippen LogP contribution is -2.52. The number of carboxylic acid groups (broad SMARTS) is 1. The number of para-hydroxylation sites is 1. The van der Waals surface area contributed by atoms with Gasteiger partial charge in [0.15, 0.2) is 0 Å². The summed E-state index contributed by atoms with van der Waals surface area (Å²) in [5.41, 5.74) is 0.255. The van der Waals surface area contributed by atoms with Crippen molar-refractivity contribution in [3.05, 3.63) is 39.4 Å². The Morgan fingerprint density at radius 2 is 1.86 bits per heavy atom. The number of rotatable bonds is 7. The van der Waals surface area contributed by atoms with Gasteiger partial charge in [-0.05, 0) is 24.2 Å². The van der Waals surface area contributed by atoms with E-state index in [1.165, 1.54) is 9.80 Å². The van der Waals surface area contributed by atoms with Crippen LogP contribution in [-0.4, -0.2) is 51.0 Å². The summed E-state index contributed by atoms with van der Waals surface area (Å²) >= 11 is 0. The van der Waals surface area contributed by atoms with Crippen molar-refractivity contribution in [2.24, 2.45) is 10.8 Å². The van der Waals surface area contributed by atoms with Crippen LogP contribution in [0.4, 0.5) is 10.5 Å². The average molecular weight is 405 g/mol. The van der Waals surface area contributed by atoms with Crippen molar-refractivity contribution >= 4 is 17.7 Å². The molecule has 0 saturated carbocycles. The summed E-state index contributed by atoms with van der Waals surface area (Å²) in [5, 5.41) is 21.3. The molecule has 1 N–H and O–H groups in total. The third kappa shape index (κ3) is 5.05. The van der Waals surface area contributed by atoms with Crippen LogP contribution in [0.2, 0.25) is 0 Å². The third-order valence-electron chi connectivity index (χ3n) is 5.26. The fourth-order valence-corrected chi connectivity index (χ4v) is 4.65. The lowest BCUT2D eigenvalue weighted by atomic mass is 9.71. The van der Waals surface area contributed by atoms with E-state index >= 15 is 0 Å². The standard InChI is InChI=1S/C21H31N3O5/c1-14-8-7-9-15(16(14)24(28)29)12-22-10-11-23(19(22)27)17(18(25)26)21(5,6)13-20(2,3)4/h7-9,17H,10-13H2,1-6H3,(H,25,26)/t17-/m1/s1. The predicted molar refractivity (Wildman–Crippen MR) is 110 cm³/mol. The first-order valence-electron chi connectivity index (χ1n) is 9.76. The quantitative estimate of drug-likeness (QED) is 0.544. The minimum Gasteiger partial charge on any atom is -0.480 e. The van der Waals surface area contributed by atoms with Gasteiger partial charge in [0, 0.05) is 24.2 Å². The monoisotopic (exact) mass is 405 g/mol. The van der Waals surface area contributed by atoms with Crippen molar-refractivity contribution in [1.82, 2.24) is 9.80 Å². The van der Waals surface area contributed by atoms with Gasteiger partial charge in [-0.15, -0.1) is 0 Å². The van der Waals surface area contributed by atoms with Crippen LogP contribution in [0.1, 0.15) is 52.2 Å². The number of aryl methyl sites for hydroxylation is 1. The van der Waals surface area contributed by atoms with Crippen LogP contribution < -0.4 is 0 Å². The maximum absolute atomic E-state index is 13.1. The zero-order valence-corrected chi connectivity index (χ0v) is 18.1.